The number of anilines is 1. The van der Waals surface area contributed by atoms with Gasteiger partial charge in [0.1, 0.15) is 18.3 Å². The van der Waals surface area contributed by atoms with Crippen molar-refractivity contribution < 1.29 is 18.0 Å². The Balaban J connectivity index is 2.43. The maximum Gasteiger partial charge on any atom is 0.275 e. The van der Waals surface area contributed by atoms with Gasteiger partial charge >= 0.3 is 0 Å². The van der Waals surface area contributed by atoms with E-state index in [2.05, 4.69) is 9.88 Å². The number of sulfonamides is 1. The SMILES string of the molecule is Cc1ccc(C)c(S(=O)(=O)Nc2ccc(C)n(C(CCON=C(N)N)C(N)=O)c2=O)c1. The summed E-state index contributed by atoms with van der Waals surface area (Å²) >= 11 is 0. The van der Waals surface area contributed by atoms with Crippen LogP contribution < -0.4 is 27.5 Å². The molecular weight excluding hydrogens is 424 g/mol. The van der Waals surface area contributed by atoms with Gasteiger partial charge in [-0.05, 0) is 55.3 Å². The number of guanidine groups is 1. The first-order valence-electron chi connectivity index (χ1n) is 9.26. The summed E-state index contributed by atoms with van der Waals surface area (Å²) in [5.41, 5.74) is 16.5. The number of aryl methyl sites for hydroxylation is 3. The molecule has 1 aromatic carbocycles. The molecule has 0 aliphatic heterocycles. The van der Waals surface area contributed by atoms with Crippen LogP contribution in [0.25, 0.3) is 0 Å². The second-order valence-electron chi connectivity index (χ2n) is 6.99. The van der Waals surface area contributed by atoms with Crippen molar-refractivity contribution in [3.63, 3.8) is 0 Å². The van der Waals surface area contributed by atoms with Gasteiger partial charge < -0.3 is 22.0 Å². The van der Waals surface area contributed by atoms with Crippen LogP contribution in [0.1, 0.15) is 29.3 Å². The number of oxime groups is 1. The predicted molar refractivity (Wildman–Crippen MR) is 117 cm³/mol. The van der Waals surface area contributed by atoms with Crippen LogP contribution in [0, 0.1) is 20.8 Å². The number of aromatic nitrogens is 1. The largest absolute Gasteiger partial charge is 0.393 e. The fourth-order valence-electron chi connectivity index (χ4n) is 2.99. The molecule has 2 aromatic rings. The van der Waals surface area contributed by atoms with Crippen LogP contribution in [0.3, 0.4) is 0 Å². The fraction of sp³-hybridized carbons (Fsp3) is 0.316. The first-order valence-corrected chi connectivity index (χ1v) is 10.7. The molecule has 1 unspecified atom stereocenters. The first kappa shape index (κ1) is 23.7. The normalized spacial score (nSPS) is 12.1. The number of nitrogens with two attached hydrogens (primary N) is 3. The Kier molecular flexibility index (Phi) is 7.28. The number of hydrogen-bond donors (Lipinski definition) is 4. The predicted octanol–water partition coefficient (Wildman–Crippen LogP) is 0.196. The molecule has 31 heavy (non-hydrogen) atoms. The highest BCUT2D eigenvalue weighted by Gasteiger charge is 2.24. The van der Waals surface area contributed by atoms with E-state index in [1.807, 2.05) is 0 Å². The molecule has 0 bridgehead atoms. The fourth-order valence-corrected chi connectivity index (χ4v) is 4.38. The molecule has 0 aliphatic carbocycles. The summed E-state index contributed by atoms with van der Waals surface area (Å²) in [6, 6.07) is 6.72. The van der Waals surface area contributed by atoms with Gasteiger partial charge in [-0.1, -0.05) is 12.1 Å². The van der Waals surface area contributed by atoms with Crippen LogP contribution in [0.15, 0.2) is 45.2 Å². The van der Waals surface area contributed by atoms with E-state index in [1.54, 1.807) is 32.9 Å². The molecule has 0 fully saturated rings. The molecule has 2 rings (SSSR count). The van der Waals surface area contributed by atoms with Gasteiger partial charge in [-0.15, -0.1) is 0 Å². The van der Waals surface area contributed by atoms with E-state index in [4.69, 9.17) is 22.0 Å². The minimum absolute atomic E-state index is 0.0138. The molecule has 12 heteroatoms. The Morgan fingerprint density at radius 3 is 2.45 bits per heavy atom. The monoisotopic (exact) mass is 450 g/mol. The van der Waals surface area contributed by atoms with E-state index in [0.29, 0.717) is 11.3 Å². The van der Waals surface area contributed by atoms with Crippen LogP contribution >= 0.6 is 0 Å². The third-order valence-corrected chi connectivity index (χ3v) is 6.00. The Hall–Kier alpha value is -3.54. The summed E-state index contributed by atoms with van der Waals surface area (Å²) in [6.07, 6.45) is -0.0138. The number of hydrogen-bond acceptors (Lipinski definition) is 6. The minimum Gasteiger partial charge on any atom is -0.393 e. The molecule has 0 radical (unpaired) electrons. The van der Waals surface area contributed by atoms with E-state index in [0.717, 1.165) is 10.1 Å². The standard InChI is InChI=1S/C19H26N6O5S/c1-11-4-5-12(2)16(10-11)31(28,29)24-14-7-6-13(3)25(18(14)27)15(17(20)26)8-9-30-23-19(21)22/h4-7,10,15,24H,8-9H2,1-3H3,(H2,20,26)(H4,21,22,23). The van der Waals surface area contributed by atoms with Crippen LogP contribution in [0.5, 0.6) is 0 Å². The number of amides is 1. The van der Waals surface area contributed by atoms with Crippen molar-refractivity contribution in [2.24, 2.45) is 22.4 Å². The summed E-state index contributed by atoms with van der Waals surface area (Å²) in [5, 5.41) is 3.35. The third-order valence-electron chi connectivity index (χ3n) is 4.49. The summed E-state index contributed by atoms with van der Waals surface area (Å²) in [7, 11) is -4.04. The molecule has 1 aromatic heterocycles. The van der Waals surface area contributed by atoms with Crippen LogP contribution in [0.2, 0.25) is 0 Å². The highest BCUT2D eigenvalue weighted by molar-refractivity contribution is 7.92. The van der Waals surface area contributed by atoms with Gasteiger partial charge in [0.25, 0.3) is 15.6 Å². The molecule has 11 nitrogen and oxygen atoms in total. The summed E-state index contributed by atoms with van der Waals surface area (Å²) in [5.74, 6) is -1.10. The van der Waals surface area contributed by atoms with Crippen molar-refractivity contribution >= 4 is 27.6 Å². The Labute approximate surface area is 179 Å². The topological polar surface area (TPSA) is 185 Å². The lowest BCUT2D eigenvalue weighted by Gasteiger charge is -2.20. The van der Waals surface area contributed by atoms with Crippen molar-refractivity contribution in [3.05, 3.63) is 57.5 Å². The van der Waals surface area contributed by atoms with Gasteiger partial charge in [0, 0.05) is 12.1 Å². The maximum atomic E-state index is 13.1. The highest BCUT2D eigenvalue weighted by atomic mass is 32.2. The third kappa shape index (κ3) is 5.75. The second kappa shape index (κ2) is 9.51. The Morgan fingerprint density at radius 1 is 1.16 bits per heavy atom. The van der Waals surface area contributed by atoms with Crippen molar-refractivity contribution in [3.8, 4) is 0 Å². The number of nitrogens with zero attached hydrogens (tertiary/aromatic N) is 2. The van der Waals surface area contributed by atoms with E-state index in [9.17, 15) is 18.0 Å². The van der Waals surface area contributed by atoms with Crippen LogP contribution in [0.4, 0.5) is 5.69 Å². The molecular formula is C19H26N6O5S. The van der Waals surface area contributed by atoms with E-state index < -0.39 is 27.5 Å². The Bertz CT molecular complexity index is 1170. The zero-order chi connectivity index (χ0) is 23.3. The second-order valence-corrected chi connectivity index (χ2v) is 8.65. The molecule has 1 atom stereocenters. The maximum absolute atomic E-state index is 13.1. The molecule has 0 spiro atoms. The lowest BCUT2D eigenvalue weighted by molar-refractivity contribution is -0.121. The number of nitrogens with one attached hydrogen (secondary N) is 1. The molecule has 7 N–H and O–H groups in total. The molecule has 0 saturated carbocycles. The molecule has 1 amide bonds. The minimum atomic E-state index is -4.04. The quantitative estimate of drug-likeness (QED) is 0.182. The number of benzene rings is 1. The highest BCUT2D eigenvalue weighted by Crippen LogP contribution is 2.20. The summed E-state index contributed by atoms with van der Waals surface area (Å²) in [6.45, 7) is 4.91. The van der Waals surface area contributed by atoms with Crippen molar-refractivity contribution in [2.45, 2.75) is 38.1 Å². The summed E-state index contributed by atoms with van der Waals surface area (Å²) in [4.78, 5) is 30.0. The van der Waals surface area contributed by atoms with Crippen LogP contribution in [-0.2, 0) is 19.7 Å². The molecule has 168 valence electrons. The number of carbonyl (C=O) groups excluding carboxylic acids is 1. The van der Waals surface area contributed by atoms with Gasteiger partial charge in [0.05, 0.1) is 4.90 Å². The van der Waals surface area contributed by atoms with E-state index >= 15 is 0 Å². The van der Waals surface area contributed by atoms with Crippen LogP contribution in [-0.4, -0.2) is 31.5 Å². The average molecular weight is 451 g/mol. The molecule has 1 heterocycles. The van der Waals surface area contributed by atoms with E-state index in [-0.39, 0.29) is 29.6 Å². The number of rotatable bonds is 9. The first-order chi connectivity index (χ1) is 14.4. The number of carbonyl (C=O) groups is 1. The van der Waals surface area contributed by atoms with Gasteiger partial charge in [-0.2, -0.15) is 0 Å². The van der Waals surface area contributed by atoms with Gasteiger partial charge in [0.2, 0.25) is 11.9 Å². The average Bonchev–Trinajstić information content (AvgIpc) is 2.67. The van der Waals surface area contributed by atoms with Crippen molar-refractivity contribution in [1.29, 1.82) is 0 Å². The summed E-state index contributed by atoms with van der Waals surface area (Å²) < 4.78 is 29.2. The van der Waals surface area contributed by atoms with Gasteiger partial charge in [-0.3, -0.25) is 18.9 Å². The molecule has 0 aliphatic rings. The number of pyridine rings is 1. The zero-order valence-corrected chi connectivity index (χ0v) is 18.3. The zero-order valence-electron chi connectivity index (χ0n) is 17.5. The van der Waals surface area contributed by atoms with Crippen molar-refractivity contribution in [1.82, 2.24) is 4.57 Å². The van der Waals surface area contributed by atoms with Crippen molar-refractivity contribution in [2.75, 3.05) is 11.3 Å². The van der Waals surface area contributed by atoms with E-state index in [1.165, 1.54) is 18.2 Å². The Morgan fingerprint density at radius 2 is 1.84 bits per heavy atom. The molecule has 0 saturated heterocycles. The lowest BCUT2D eigenvalue weighted by atomic mass is 10.1. The lowest BCUT2D eigenvalue weighted by Crippen LogP contribution is -2.37. The smallest absolute Gasteiger partial charge is 0.275 e. The number of primary amides is 1. The van der Waals surface area contributed by atoms with Gasteiger partial charge in [-0.25, -0.2) is 8.42 Å². The van der Waals surface area contributed by atoms with Gasteiger partial charge in [0.15, 0.2) is 0 Å².